The minimum Gasteiger partial charge on any atom is -0.507 e. The Bertz CT molecular complexity index is 540. The third-order valence-corrected chi connectivity index (χ3v) is 5.37. The number of hydrogen-bond acceptors (Lipinski definition) is 3. The maximum atomic E-state index is 13.0. The van der Waals surface area contributed by atoms with Crippen molar-refractivity contribution in [3.8, 4) is 5.75 Å². The first kappa shape index (κ1) is 12.3. The van der Waals surface area contributed by atoms with E-state index in [9.17, 15) is 14.3 Å². The Morgan fingerprint density at radius 1 is 1.59 bits per heavy atom. The molecule has 1 atom stereocenters. The summed E-state index contributed by atoms with van der Waals surface area (Å²) in [5.74, 6) is -0.249. The Balaban J connectivity index is 2.40. The van der Waals surface area contributed by atoms with Gasteiger partial charge in [-0.15, -0.1) is 22.2 Å². The van der Waals surface area contributed by atoms with Crippen molar-refractivity contribution in [1.82, 2.24) is 0 Å². The molecule has 90 valence electrons. The lowest BCUT2D eigenvalue weighted by atomic mass is 10.2. The predicted octanol–water partition coefficient (Wildman–Crippen LogP) is 2.21. The van der Waals surface area contributed by atoms with Gasteiger partial charge in [0.15, 0.2) is 0 Å². The average Bonchev–Trinajstić information content (AvgIpc) is 2.64. The number of rotatable bonds is 1. The zero-order valence-corrected chi connectivity index (χ0v) is 10.6. The number of thioether (sulfide) groups is 1. The molecule has 0 radical (unpaired) electrons. The molecule has 0 spiro atoms. The van der Waals surface area contributed by atoms with Gasteiger partial charge in [-0.05, 0) is 29.8 Å². The third kappa shape index (κ3) is 2.76. The molecule has 1 aromatic rings. The fourth-order valence-corrected chi connectivity index (χ4v) is 4.13. The van der Waals surface area contributed by atoms with Crippen LogP contribution in [-0.2, 0) is 4.79 Å². The predicted molar refractivity (Wildman–Crippen MR) is 71.6 cm³/mol. The fraction of sp³-hybridized carbons (Fsp3) is 0.182. The van der Waals surface area contributed by atoms with Gasteiger partial charge in [0.05, 0.1) is 5.75 Å². The maximum absolute atomic E-state index is 13.0. The first-order valence-electron chi connectivity index (χ1n) is 4.79. The van der Waals surface area contributed by atoms with Crippen LogP contribution < -0.4 is 0 Å². The number of aliphatic imine (C=N–C) groups is 1. The van der Waals surface area contributed by atoms with Crippen LogP contribution in [0.5, 0.6) is 5.75 Å². The normalized spacial score (nSPS) is 19.8. The van der Waals surface area contributed by atoms with Gasteiger partial charge in [0.25, 0.3) is 5.91 Å². The highest BCUT2D eigenvalue weighted by Crippen LogP contribution is 2.30. The summed E-state index contributed by atoms with van der Waals surface area (Å²) in [7, 11) is -0.453. The maximum Gasteiger partial charge on any atom is 0.257 e. The summed E-state index contributed by atoms with van der Waals surface area (Å²) in [5, 5.41) is 11.3. The van der Waals surface area contributed by atoms with Crippen LogP contribution in [0, 0.1) is 5.82 Å². The molecular formula is C11H10FNO2S2. The van der Waals surface area contributed by atoms with Crippen molar-refractivity contribution in [2.75, 3.05) is 12.0 Å². The molecule has 1 aliphatic heterocycles. The standard InChI is InChI=1S/C11H10FNO2S2/c1-16-11-13-10(15)6-17(11)5-7-4-8(12)2-3-9(7)14/h2-5,14H,6H2,1H3. The van der Waals surface area contributed by atoms with E-state index in [1.807, 2.05) is 6.26 Å². The van der Waals surface area contributed by atoms with E-state index in [0.29, 0.717) is 11.3 Å². The van der Waals surface area contributed by atoms with Crippen molar-refractivity contribution < 1.29 is 14.3 Å². The second-order valence-electron chi connectivity index (χ2n) is 3.37. The second-order valence-corrected chi connectivity index (χ2v) is 6.19. The Morgan fingerprint density at radius 3 is 3.06 bits per heavy atom. The van der Waals surface area contributed by atoms with Gasteiger partial charge in [-0.1, -0.05) is 0 Å². The van der Waals surface area contributed by atoms with Crippen molar-refractivity contribution in [3.05, 3.63) is 29.6 Å². The third-order valence-electron chi connectivity index (χ3n) is 2.15. The lowest BCUT2D eigenvalue weighted by molar-refractivity contribution is -0.115. The van der Waals surface area contributed by atoms with Gasteiger partial charge in [-0.2, -0.15) is 4.99 Å². The van der Waals surface area contributed by atoms with Gasteiger partial charge in [0.2, 0.25) is 0 Å². The molecule has 0 aliphatic carbocycles. The van der Waals surface area contributed by atoms with Gasteiger partial charge in [0.1, 0.15) is 15.9 Å². The number of carbonyl (C=O) groups excluding carboxylic acids is 1. The number of nitrogens with zero attached hydrogens (tertiary/aromatic N) is 1. The van der Waals surface area contributed by atoms with E-state index in [0.717, 1.165) is 4.38 Å². The van der Waals surface area contributed by atoms with E-state index in [4.69, 9.17) is 0 Å². The number of hydrogen-bond donors (Lipinski definition) is 1. The van der Waals surface area contributed by atoms with Gasteiger partial charge in [0, 0.05) is 5.56 Å². The summed E-state index contributed by atoms with van der Waals surface area (Å²) >= 11 is 1.41. The van der Waals surface area contributed by atoms with Crippen molar-refractivity contribution in [1.29, 1.82) is 0 Å². The summed E-state index contributed by atoms with van der Waals surface area (Å²) in [6.45, 7) is 0. The molecule has 1 N–H and O–H groups in total. The van der Waals surface area contributed by atoms with Crippen molar-refractivity contribution >= 4 is 37.9 Å². The van der Waals surface area contributed by atoms with Crippen molar-refractivity contribution in [2.24, 2.45) is 4.99 Å². The Hall–Kier alpha value is -1.14. The second kappa shape index (κ2) is 5.01. The van der Waals surface area contributed by atoms with Crippen LogP contribution in [0.4, 0.5) is 4.39 Å². The molecule has 0 fully saturated rings. The molecule has 2 rings (SSSR count). The van der Waals surface area contributed by atoms with Crippen LogP contribution in [0.2, 0.25) is 0 Å². The molecule has 3 nitrogen and oxygen atoms in total. The smallest absolute Gasteiger partial charge is 0.257 e. The van der Waals surface area contributed by atoms with Gasteiger partial charge in [-0.3, -0.25) is 4.79 Å². The van der Waals surface area contributed by atoms with E-state index in [1.54, 1.807) is 5.37 Å². The molecule has 6 heteroatoms. The minimum atomic E-state index is -0.453. The van der Waals surface area contributed by atoms with Crippen LogP contribution in [0.25, 0.3) is 0 Å². The van der Waals surface area contributed by atoms with Crippen LogP contribution in [-0.4, -0.2) is 32.8 Å². The Labute approximate surface area is 105 Å². The lowest BCUT2D eigenvalue weighted by Gasteiger charge is -2.03. The highest BCUT2D eigenvalue weighted by atomic mass is 32.2. The highest BCUT2D eigenvalue weighted by molar-refractivity contribution is 8.46. The number of halogens is 1. The van der Waals surface area contributed by atoms with Gasteiger partial charge >= 0.3 is 0 Å². The van der Waals surface area contributed by atoms with E-state index in [2.05, 4.69) is 4.99 Å². The summed E-state index contributed by atoms with van der Waals surface area (Å²) in [6.07, 6.45) is 1.84. The van der Waals surface area contributed by atoms with Crippen LogP contribution in [0.15, 0.2) is 23.2 Å². The molecule has 1 aromatic carbocycles. The molecule has 0 bridgehead atoms. The molecular weight excluding hydrogens is 261 g/mol. The van der Waals surface area contributed by atoms with Crippen LogP contribution >= 0.6 is 22.2 Å². The number of phenolic OH excluding ortho intramolecular Hbond substituents is 1. The lowest BCUT2D eigenvalue weighted by Crippen LogP contribution is -1.93. The molecule has 1 heterocycles. The zero-order chi connectivity index (χ0) is 12.4. The van der Waals surface area contributed by atoms with E-state index in [-0.39, 0.29) is 11.7 Å². The number of phenols is 1. The SMILES string of the molecule is CSC1=NC(=O)CS1=Cc1cc(F)ccc1O. The molecule has 0 saturated carbocycles. The first-order chi connectivity index (χ1) is 8.10. The Morgan fingerprint density at radius 2 is 2.35 bits per heavy atom. The Kier molecular flexibility index (Phi) is 3.63. The van der Waals surface area contributed by atoms with Gasteiger partial charge < -0.3 is 5.11 Å². The average molecular weight is 271 g/mol. The number of aromatic hydroxyl groups is 1. The molecule has 1 unspecified atom stereocenters. The summed E-state index contributed by atoms with van der Waals surface area (Å²) < 4.78 is 13.8. The monoisotopic (exact) mass is 271 g/mol. The summed E-state index contributed by atoms with van der Waals surface area (Å²) in [5.41, 5.74) is 0.407. The summed E-state index contributed by atoms with van der Waals surface area (Å²) in [4.78, 5) is 15.1. The van der Waals surface area contributed by atoms with Crippen LogP contribution in [0.3, 0.4) is 0 Å². The summed E-state index contributed by atoms with van der Waals surface area (Å²) in [6, 6.07) is 3.75. The number of amides is 1. The number of carbonyl (C=O) groups is 1. The molecule has 0 saturated heterocycles. The quantitative estimate of drug-likeness (QED) is 0.797. The van der Waals surface area contributed by atoms with Crippen molar-refractivity contribution in [3.63, 3.8) is 0 Å². The van der Waals surface area contributed by atoms with E-state index in [1.165, 1.54) is 30.0 Å². The van der Waals surface area contributed by atoms with Crippen molar-refractivity contribution in [2.45, 2.75) is 0 Å². The molecule has 17 heavy (non-hydrogen) atoms. The minimum absolute atomic E-state index is 0.0127. The number of benzene rings is 1. The highest BCUT2D eigenvalue weighted by Gasteiger charge is 2.18. The first-order valence-corrected chi connectivity index (χ1v) is 7.47. The molecule has 1 amide bonds. The van der Waals surface area contributed by atoms with Gasteiger partial charge in [-0.25, -0.2) is 4.39 Å². The van der Waals surface area contributed by atoms with E-state index >= 15 is 0 Å². The zero-order valence-electron chi connectivity index (χ0n) is 9.01. The molecule has 1 aliphatic rings. The fourth-order valence-electron chi connectivity index (χ4n) is 1.41. The van der Waals surface area contributed by atoms with Crippen LogP contribution in [0.1, 0.15) is 5.56 Å². The largest absolute Gasteiger partial charge is 0.507 e. The van der Waals surface area contributed by atoms with E-state index < -0.39 is 16.3 Å². The topological polar surface area (TPSA) is 49.7 Å². The molecule has 0 aromatic heterocycles.